The van der Waals surface area contributed by atoms with Gasteiger partial charge in [-0.15, -0.1) is 0 Å². The second kappa shape index (κ2) is 7.07. The number of nitrogens with one attached hydrogen (secondary N) is 2. The third-order valence-corrected chi connectivity index (χ3v) is 3.62. The van der Waals surface area contributed by atoms with Gasteiger partial charge in [-0.05, 0) is 18.2 Å². The number of methoxy groups -OCH3 is 1. The highest BCUT2D eigenvalue weighted by molar-refractivity contribution is 7.89. The van der Waals surface area contributed by atoms with Crippen LogP contribution in [0.5, 0.6) is 0 Å². The molecule has 0 bridgehead atoms. The Bertz CT molecular complexity index is 530. The van der Waals surface area contributed by atoms with Crippen LogP contribution in [0.1, 0.15) is 0 Å². The van der Waals surface area contributed by atoms with E-state index in [0.717, 1.165) is 0 Å². The molecule has 0 heterocycles. The Morgan fingerprint density at radius 3 is 2.79 bits per heavy atom. The Kier molecular flexibility index (Phi) is 5.74. The minimum absolute atomic E-state index is 0.0252. The molecular weight excluding hydrogens is 270 g/mol. The van der Waals surface area contributed by atoms with E-state index >= 15 is 0 Å². The van der Waals surface area contributed by atoms with Crippen LogP contribution in [0.4, 0.5) is 5.69 Å². The maximum Gasteiger partial charge on any atom is 0.241 e. The SMILES string of the molecule is COCCNC(=O)CNS(=O)(=O)c1cccc(N)c1. The van der Waals surface area contributed by atoms with E-state index in [4.69, 9.17) is 10.5 Å². The molecular formula is C11H17N3O4S. The second-order valence-corrected chi connectivity index (χ2v) is 5.51. The van der Waals surface area contributed by atoms with Crippen molar-refractivity contribution in [2.45, 2.75) is 4.90 Å². The van der Waals surface area contributed by atoms with Gasteiger partial charge in [0.1, 0.15) is 0 Å². The maximum atomic E-state index is 11.8. The van der Waals surface area contributed by atoms with Crippen LogP contribution >= 0.6 is 0 Å². The fourth-order valence-corrected chi connectivity index (χ4v) is 2.32. The van der Waals surface area contributed by atoms with Gasteiger partial charge in [0.05, 0.1) is 18.0 Å². The number of hydrogen-bond acceptors (Lipinski definition) is 5. The van der Waals surface area contributed by atoms with Gasteiger partial charge in [0.15, 0.2) is 0 Å². The Morgan fingerprint density at radius 1 is 1.42 bits per heavy atom. The van der Waals surface area contributed by atoms with Crippen molar-refractivity contribution in [2.75, 3.05) is 32.5 Å². The third-order valence-electron chi connectivity index (χ3n) is 2.22. The zero-order valence-electron chi connectivity index (χ0n) is 10.5. The van der Waals surface area contributed by atoms with E-state index in [1.165, 1.54) is 25.3 Å². The topological polar surface area (TPSA) is 111 Å². The van der Waals surface area contributed by atoms with Crippen molar-refractivity contribution < 1.29 is 17.9 Å². The number of ether oxygens (including phenoxy) is 1. The monoisotopic (exact) mass is 287 g/mol. The molecule has 0 unspecified atom stereocenters. The lowest BCUT2D eigenvalue weighted by Crippen LogP contribution is -2.38. The zero-order chi connectivity index (χ0) is 14.3. The van der Waals surface area contributed by atoms with Gasteiger partial charge >= 0.3 is 0 Å². The van der Waals surface area contributed by atoms with E-state index in [1.807, 2.05) is 0 Å². The Labute approximate surface area is 112 Å². The number of nitrogens with two attached hydrogens (primary N) is 1. The molecule has 0 spiro atoms. The highest BCUT2D eigenvalue weighted by Gasteiger charge is 2.15. The highest BCUT2D eigenvalue weighted by atomic mass is 32.2. The molecule has 0 aromatic heterocycles. The summed E-state index contributed by atoms with van der Waals surface area (Å²) < 4.78 is 30.6. The van der Waals surface area contributed by atoms with Gasteiger partial charge in [-0.3, -0.25) is 4.79 Å². The molecule has 0 saturated carbocycles. The highest BCUT2D eigenvalue weighted by Crippen LogP contribution is 2.11. The lowest BCUT2D eigenvalue weighted by Gasteiger charge is -2.08. The molecule has 0 aliphatic rings. The average molecular weight is 287 g/mol. The van der Waals surface area contributed by atoms with Crippen molar-refractivity contribution in [1.82, 2.24) is 10.0 Å². The first kappa shape index (κ1) is 15.4. The number of rotatable bonds is 7. The van der Waals surface area contributed by atoms with E-state index in [1.54, 1.807) is 6.07 Å². The van der Waals surface area contributed by atoms with Crippen molar-refractivity contribution in [3.05, 3.63) is 24.3 Å². The van der Waals surface area contributed by atoms with Crippen LogP contribution in [0.25, 0.3) is 0 Å². The van der Waals surface area contributed by atoms with E-state index < -0.39 is 15.9 Å². The molecule has 1 aromatic rings. The van der Waals surface area contributed by atoms with E-state index in [-0.39, 0.29) is 11.4 Å². The van der Waals surface area contributed by atoms with Crippen LogP contribution in [-0.4, -0.2) is 41.1 Å². The van der Waals surface area contributed by atoms with Gasteiger partial charge in [-0.1, -0.05) is 6.07 Å². The number of benzene rings is 1. The van der Waals surface area contributed by atoms with Gasteiger partial charge in [0.2, 0.25) is 15.9 Å². The summed E-state index contributed by atoms with van der Waals surface area (Å²) in [5, 5.41) is 2.50. The summed E-state index contributed by atoms with van der Waals surface area (Å²) in [7, 11) is -2.22. The molecule has 1 rings (SSSR count). The Hall–Kier alpha value is -1.64. The summed E-state index contributed by atoms with van der Waals surface area (Å²) in [6, 6.07) is 5.84. The zero-order valence-corrected chi connectivity index (χ0v) is 11.4. The van der Waals surface area contributed by atoms with Gasteiger partial charge in [0.25, 0.3) is 0 Å². The van der Waals surface area contributed by atoms with Crippen LogP contribution < -0.4 is 15.8 Å². The van der Waals surface area contributed by atoms with Gasteiger partial charge < -0.3 is 15.8 Å². The molecule has 106 valence electrons. The molecule has 1 aromatic carbocycles. The number of anilines is 1. The van der Waals surface area contributed by atoms with E-state index in [2.05, 4.69) is 10.0 Å². The quantitative estimate of drug-likeness (QED) is 0.454. The molecule has 0 fully saturated rings. The maximum absolute atomic E-state index is 11.8. The number of carbonyl (C=O) groups excluding carboxylic acids is 1. The van der Waals surface area contributed by atoms with Gasteiger partial charge in [-0.25, -0.2) is 13.1 Å². The predicted molar refractivity (Wildman–Crippen MR) is 70.9 cm³/mol. The van der Waals surface area contributed by atoms with E-state index in [9.17, 15) is 13.2 Å². The molecule has 19 heavy (non-hydrogen) atoms. The largest absolute Gasteiger partial charge is 0.399 e. The number of carbonyl (C=O) groups is 1. The first-order valence-electron chi connectivity index (χ1n) is 5.56. The molecule has 0 aliphatic heterocycles. The summed E-state index contributed by atoms with van der Waals surface area (Å²) in [5.74, 6) is -0.426. The second-order valence-electron chi connectivity index (χ2n) is 3.74. The smallest absolute Gasteiger partial charge is 0.241 e. The van der Waals surface area contributed by atoms with Crippen LogP contribution in [0.3, 0.4) is 0 Å². The van der Waals surface area contributed by atoms with Crippen molar-refractivity contribution >= 4 is 21.6 Å². The fourth-order valence-electron chi connectivity index (χ4n) is 1.28. The predicted octanol–water partition coefficient (Wildman–Crippen LogP) is -0.690. The molecule has 0 atom stereocenters. The molecule has 0 radical (unpaired) electrons. The lowest BCUT2D eigenvalue weighted by molar-refractivity contribution is -0.120. The summed E-state index contributed by atoms with van der Waals surface area (Å²) in [6.07, 6.45) is 0. The minimum Gasteiger partial charge on any atom is -0.399 e. The van der Waals surface area contributed by atoms with Gasteiger partial charge in [0, 0.05) is 19.3 Å². The summed E-state index contributed by atoms with van der Waals surface area (Å²) in [6.45, 7) is 0.365. The number of sulfonamides is 1. The molecule has 7 nitrogen and oxygen atoms in total. The molecule has 8 heteroatoms. The van der Waals surface area contributed by atoms with Crippen LogP contribution in [0.2, 0.25) is 0 Å². The summed E-state index contributed by atoms with van der Waals surface area (Å²) in [5.41, 5.74) is 5.85. The molecule has 4 N–H and O–H groups in total. The lowest BCUT2D eigenvalue weighted by atomic mass is 10.3. The standard InChI is InChI=1S/C11H17N3O4S/c1-18-6-5-13-11(15)8-14-19(16,17)10-4-2-3-9(12)7-10/h2-4,7,14H,5-6,8,12H2,1H3,(H,13,15). The molecule has 0 aliphatic carbocycles. The average Bonchev–Trinajstić information content (AvgIpc) is 2.37. The van der Waals surface area contributed by atoms with Crippen molar-refractivity contribution in [2.24, 2.45) is 0 Å². The van der Waals surface area contributed by atoms with Crippen LogP contribution in [0, 0.1) is 0 Å². The molecule has 1 amide bonds. The number of nitrogen functional groups attached to an aromatic ring is 1. The summed E-state index contributed by atoms with van der Waals surface area (Å²) >= 11 is 0. The van der Waals surface area contributed by atoms with Gasteiger partial charge in [-0.2, -0.15) is 0 Å². The van der Waals surface area contributed by atoms with Crippen molar-refractivity contribution in [3.63, 3.8) is 0 Å². The Balaban J connectivity index is 2.54. The summed E-state index contributed by atoms with van der Waals surface area (Å²) in [4.78, 5) is 11.4. The normalized spacial score (nSPS) is 11.2. The number of amides is 1. The fraction of sp³-hybridized carbons (Fsp3) is 0.364. The van der Waals surface area contributed by atoms with Crippen LogP contribution in [0.15, 0.2) is 29.2 Å². The first-order valence-corrected chi connectivity index (χ1v) is 7.05. The number of hydrogen-bond donors (Lipinski definition) is 3. The van der Waals surface area contributed by atoms with E-state index in [0.29, 0.717) is 18.8 Å². The Morgan fingerprint density at radius 2 is 2.16 bits per heavy atom. The minimum atomic E-state index is -3.73. The van der Waals surface area contributed by atoms with Crippen LogP contribution in [-0.2, 0) is 19.6 Å². The third kappa shape index (κ3) is 5.25. The van der Waals surface area contributed by atoms with Crippen molar-refractivity contribution in [3.8, 4) is 0 Å². The van der Waals surface area contributed by atoms with Crippen molar-refractivity contribution in [1.29, 1.82) is 0 Å². The first-order chi connectivity index (χ1) is 8.95. The molecule has 0 saturated heterocycles.